The van der Waals surface area contributed by atoms with Crippen LogP contribution >= 0.6 is 11.6 Å². The fraction of sp³-hybridized carbons (Fsp3) is 1.00. The van der Waals surface area contributed by atoms with Gasteiger partial charge in [-0.15, -0.1) is 11.6 Å². The molecule has 0 aromatic heterocycles. The molecule has 0 bridgehead atoms. The van der Waals surface area contributed by atoms with E-state index >= 15 is 0 Å². The number of unbranched alkanes of at least 4 members (excludes halogenated alkanes) is 6. The SMILES string of the molecule is CCCCCC[N+](CCCC)(CCCCl)CCCCC.[Br-]. The van der Waals surface area contributed by atoms with Gasteiger partial charge in [-0.1, -0.05) is 46.5 Å². The fourth-order valence-corrected chi connectivity index (χ4v) is 3.25. The van der Waals surface area contributed by atoms with Gasteiger partial charge in [0, 0.05) is 12.3 Å². The maximum Gasteiger partial charge on any atom is 0.0798 e. The van der Waals surface area contributed by atoms with Crippen molar-refractivity contribution in [2.24, 2.45) is 0 Å². The topological polar surface area (TPSA) is 0 Å². The number of nitrogens with zero attached hydrogens (tertiary/aromatic N) is 1. The molecule has 1 nitrogen and oxygen atoms in total. The molecule has 0 saturated heterocycles. The van der Waals surface area contributed by atoms with Crippen LogP contribution in [-0.4, -0.2) is 36.5 Å². The van der Waals surface area contributed by atoms with Crippen molar-refractivity contribution < 1.29 is 21.5 Å². The van der Waals surface area contributed by atoms with Crippen molar-refractivity contribution in [2.75, 3.05) is 32.1 Å². The lowest BCUT2D eigenvalue weighted by molar-refractivity contribution is -0.928. The predicted molar refractivity (Wildman–Crippen MR) is 93.6 cm³/mol. The molecule has 0 amide bonds. The lowest BCUT2D eigenvalue weighted by atomic mass is 10.1. The molecule has 0 spiro atoms. The molecule has 0 aromatic rings. The third-order valence-electron chi connectivity index (χ3n) is 4.47. The third kappa shape index (κ3) is 12.9. The Morgan fingerprint density at radius 2 is 1.00 bits per heavy atom. The highest BCUT2D eigenvalue weighted by Crippen LogP contribution is 2.17. The van der Waals surface area contributed by atoms with Crippen molar-refractivity contribution >= 4 is 11.6 Å². The zero-order valence-corrected chi connectivity index (χ0v) is 17.2. The highest BCUT2D eigenvalue weighted by Gasteiger charge is 2.25. The zero-order valence-electron chi connectivity index (χ0n) is 14.8. The molecule has 0 aromatic carbocycles. The Morgan fingerprint density at radius 1 is 0.571 bits per heavy atom. The molecule has 0 rings (SSSR count). The van der Waals surface area contributed by atoms with Gasteiger partial charge >= 0.3 is 0 Å². The van der Waals surface area contributed by atoms with Crippen molar-refractivity contribution in [3.05, 3.63) is 0 Å². The second-order valence-electron chi connectivity index (χ2n) is 6.40. The maximum atomic E-state index is 5.98. The first kappa shape index (κ1) is 24.0. The lowest BCUT2D eigenvalue weighted by Crippen LogP contribution is -3.00. The van der Waals surface area contributed by atoms with Gasteiger partial charge in [0.15, 0.2) is 0 Å². The van der Waals surface area contributed by atoms with Crippen LogP contribution < -0.4 is 17.0 Å². The molecule has 0 aliphatic carbocycles. The molecular weight excluding hydrogens is 346 g/mol. The van der Waals surface area contributed by atoms with E-state index in [0.29, 0.717) is 0 Å². The van der Waals surface area contributed by atoms with Crippen molar-refractivity contribution in [1.29, 1.82) is 0 Å². The van der Waals surface area contributed by atoms with Crippen LogP contribution in [0.1, 0.15) is 85.0 Å². The number of alkyl halides is 1. The van der Waals surface area contributed by atoms with Crippen LogP contribution in [0.3, 0.4) is 0 Å². The predicted octanol–water partition coefficient (Wildman–Crippen LogP) is 3.01. The van der Waals surface area contributed by atoms with Crippen molar-refractivity contribution in [3.8, 4) is 0 Å². The van der Waals surface area contributed by atoms with Gasteiger partial charge < -0.3 is 21.5 Å². The first-order valence-electron chi connectivity index (χ1n) is 9.15. The van der Waals surface area contributed by atoms with Gasteiger partial charge in [-0.05, 0) is 32.1 Å². The second-order valence-corrected chi connectivity index (χ2v) is 6.78. The first-order valence-corrected chi connectivity index (χ1v) is 9.69. The minimum absolute atomic E-state index is 0. The number of halogens is 2. The van der Waals surface area contributed by atoms with Gasteiger partial charge in [0.2, 0.25) is 0 Å². The highest BCUT2D eigenvalue weighted by molar-refractivity contribution is 6.17. The molecule has 0 fully saturated rings. The Balaban J connectivity index is 0. The van der Waals surface area contributed by atoms with Crippen molar-refractivity contribution in [3.63, 3.8) is 0 Å². The monoisotopic (exact) mass is 383 g/mol. The van der Waals surface area contributed by atoms with Gasteiger partial charge in [-0.2, -0.15) is 0 Å². The van der Waals surface area contributed by atoms with Gasteiger partial charge in [0.1, 0.15) is 0 Å². The van der Waals surface area contributed by atoms with Crippen molar-refractivity contribution in [1.82, 2.24) is 0 Å². The van der Waals surface area contributed by atoms with Crippen LogP contribution in [0.2, 0.25) is 0 Å². The number of hydrogen-bond acceptors (Lipinski definition) is 0. The average molecular weight is 385 g/mol. The minimum atomic E-state index is 0. The van der Waals surface area contributed by atoms with Crippen LogP contribution in [0.5, 0.6) is 0 Å². The normalized spacial score (nSPS) is 13.7. The lowest BCUT2D eigenvalue weighted by Gasteiger charge is -2.39. The summed E-state index contributed by atoms with van der Waals surface area (Å²) in [4.78, 5) is 0. The summed E-state index contributed by atoms with van der Waals surface area (Å²) in [6.07, 6.45) is 13.6. The molecule has 0 heterocycles. The Bertz CT molecular complexity index is 192. The summed E-state index contributed by atoms with van der Waals surface area (Å²) in [5.74, 6) is 0.828. The van der Waals surface area contributed by atoms with Gasteiger partial charge in [0.05, 0.1) is 26.2 Å². The van der Waals surface area contributed by atoms with E-state index in [2.05, 4.69) is 20.8 Å². The molecule has 1 unspecified atom stereocenters. The molecule has 0 aliphatic rings. The van der Waals surface area contributed by atoms with Crippen LogP contribution in [0.25, 0.3) is 0 Å². The Morgan fingerprint density at radius 3 is 1.52 bits per heavy atom. The van der Waals surface area contributed by atoms with E-state index in [1.54, 1.807) is 0 Å². The molecular formula is C18H39BrClN. The average Bonchev–Trinajstić information content (AvgIpc) is 2.47. The summed E-state index contributed by atoms with van der Waals surface area (Å²) in [7, 11) is 0. The maximum absolute atomic E-state index is 5.98. The van der Waals surface area contributed by atoms with Gasteiger partial charge in [-0.3, -0.25) is 0 Å². The Hall–Kier alpha value is 0.730. The van der Waals surface area contributed by atoms with Crippen LogP contribution in [0.4, 0.5) is 0 Å². The number of quaternary nitrogens is 1. The van der Waals surface area contributed by atoms with Gasteiger partial charge in [0.25, 0.3) is 0 Å². The second kappa shape index (κ2) is 17.1. The van der Waals surface area contributed by atoms with Crippen molar-refractivity contribution in [2.45, 2.75) is 85.0 Å². The summed E-state index contributed by atoms with van der Waals surface area (Å²) in [6, 6.07) is 0. The summed E-state index contributed by atoms with van der Waals surface area (Å²) in [5.41, 5.74) is 0. The van der Waals surface area contributed by atoms with Crippen LogP contribution in [-0.2, 0) is 0 Å². The Kier molecular flexibility index (Phi) is 19.5. The van der Waals surface area contributed by atoms with Crippen LogP contribution in [0.15, 0.2) is 0 Å². The van der Waals surface area contributed by atoms with E-state index in [1.165, 1.54) is 94.9 Å². The van der Waals surface area contributed by atoms with Crippen LogP contribution in [0, 0.1) is 0 Å². The van der Waals surface area contributed by atoms with E-state index < -0.39 is 0 Å². The summed E-state index contributed by atoms with van der Waals surface area (Å²) in [6.45, 7) is 12.4. The van der Waals surface area contributed by atoms with E-state index in [1.807, 2.05) is 0 Å². The molecule has 1 atom stereocenters. The van der Waals surface area contributed by atoms with E-state index in [4.69, 9.17) is 11.6 Å². The molecule has 0 saturated carbocycles. The summed E-state index contributed by atoms with van der Waals surface area (Å²) < 4.78 is 1.35. The standard InChI is InChI=1S/C18H39ClN.BrH/c1-4-7-10-12-17-20(15-9-6-3,18-13-14-19)16-11-8-5-2;/h4-18H2,1-3H3;1H/q+1;/p-1. The Labute approximate surface area is 150 Å². The molecule has 130 valence electrons. The number of rotatable bonds is 15. The highest BCUT2D eigenvalue weighted by atomic mass is 79.9. The minimum Gasteiger partial charge on any atom is -1.00 e. The molecule has 0 N–H and O–H groups in total. The summed E-state index contributed by atoms with van der Waals surface area (Å²) >= 11 is 5.98. The largest absolute Gasteiger partial charge is 1.00 e. The molecule has 21 heavy (non-hydrogen) atoms. The zero-order chi connectivity index (χ0) is 15.1. The molecule has 0 aliphatic heterocycles. The number of hydrogen-bond donors (Lipinski definition) is 0. The molecule has 0 radical (unpaired) electrons. The fourth-order valence-electron chi connectivity index (χ4n) is 3.13. The molecule has 3 heteroatoms. The van der Waals surface area contributed by atoms with Gasteiger partial charge in [-0.25, -0.2) is 0 Å². The third-order valence-corrected chi connectivity index (χ3v) is 4.74. The van der Waals surface area contributed by atoms with E-state index in [-0.39, 0.29) is 17.0 Å². The summed E-state index contributed by atoms with van der Waals surface area (Å²) in [5, 5.41) is 0. The first-order chi connectivity index (χ1) is 9.74. The smallest absolute Gasteiger partial charge is 0.0798 e. The quantitative estimate of drug-likeness (QED) is 0.231. The van der Waals surface area contributed by atoms with E-state index in [0.717, 1.165) is 5.88 Å². The van der Waals surface area contributed by atoms with E-state index in [9.17, 15) is 0 Å².